The van der Waals surface area contributed by atoms with Crippen LogP contribution in [0.25, 0.3) is 11.4 Å². The topological polar surface area (TPSA) is 38.9 Å². The summed E-state index contributed by atoms with van der Waals surface area (Å²) in [5.41, 5.74) is 0.535. The number of rotatable bonds is 3. The molecule has 0 fully saturated rings. The van der Waals surface area contributed by atoms with E-state index >= 15 is 0 Å². The number of aromatic nitrogens is 2. The fourth-order valence-electron chi connectivity index (χ4n) is 1.22. The Morgan fingerprint density at radius 1 is 1.38 bits per heavy atom. The van der Waals surface area contributed by atoms with E-state index in [1.807, 2.05) is 0 Å². The average molecular weight is 261 g/mol. The lowest BCUT2D eigenvalue weighted by Gasteiger charge is -1.97. The fraction of sp³-hybridized carbons (Fsp3) is 0.200. The number of halogens is 3. The first kappa shape index (κ1) is 11.4. The average Bonchev–Trinajstić information content (AvgIpc) is 2.67. The second-order valence-corrected chi connectivity index (χ2v) is 3.86. The van der Waals surface area contributed by atoms with Gasteiger partial charge in [0, 0.05) is 17.9 Å². The number of hydrogen-bond donors (Lipinski definition) is 0. The zero-order valence-electron chi connectivity index (χ0n) is 8.08. The van der Waals surface area contributed by atoms with Crippen LogP contribution in [0.3, 0.4) is 0 Å². The van der Waals surface area contributed by atoms with Crippen molar-refractivity contribution in [2.45, 2.75) is 6.42 Å². The third-order valence-corrected chi connectivity index (χ3v) is 2.45. The molecular weight excluding hydrogens is 254 g/mol. The molecule has 16 heavy (non-hydrogen) atoms. The van der Waals surface area contributed by atoms with E-state index in [0.29, 0.717) is 29.6 Å². The van der Waals surface area contributed by atoms with Crippen LogP contribution in [0.2, 0.25) is 5.02 Å². The number of hydrogen-bond acceptors (Lipinski definition) is 3. The number of benzene rings is 1. The van der Waals surface area contributed by atoms with Gasteiger partial charge >= 0.3 is 0 Å². The van der Waals surface area contributed by atoms with E-state index in [2.05, 4.69) is 10.1 Å². The lowest BCUT2D eigenvalue weighted by atomic mass is 10.2. The summed E-state index contributed by atoms with van der Waals surface area (Å²) in [4.78, 5) is 4.09. The minimum Gasteiger partial charge on any atom is -0.339 e. The summed E-state index contributed by atoms with van der Waals surface area (Å²) in [6.07, 6.45) is 0.493. The molecular formula is C10H7Cl2FN2O. The van der Waals surface area contributed by atoms with Gasteiger partial charge in [-0.1, -0.05) is 16.8 Å². The highest BCUT2D eigenvalue weighted by molar-refractivity contribution is 6.33. The first-order valence-corrected chi connectivity index (χ1v) is 5.46. The summed E-state index contributed by atoms with van der Waals surface area (Å²) in [5, 5.41) is 3.99. The van der Waals surface area contributed by atoms with Crippen LogP contribution in [0.15, 0.2) is 22.7 Å². The maximum absolute atomic E-state index is 12.8. The molecule has 0 bridgehead atoms. The molecule has 0 radical (unpaired) electrons. The summed E-state index contributed by atoms with van der Waals surface area (Å²) in [7, 11) is 0. The summed E-state index contributed by atoms with van der Waals surface area (Å²) in [6, 6.07) is 4.00. The number of aryl methyl sites for hydroxylation is 1. The highest BCUT2D eigenvalue weighted by Crippen LogP contribution is 2.26. The van der Waals surface area contributed by atoms with Crippen LogP contribution in [0.1, 0.15) is 5.89 Å². The van der Waals surface area contributed by atoms with Gasteiger partial charge in [0.25, 0.3) is 0 Å². The SMILES string of the molecule is Fc1ccc(-c2noc(CCCl)n2)c(Cl)c1. The Labute approximate surface area is 101 Å². The third-order valence-electron chi connectivity index (χ3n) is 1.95. The van der Waals surface area contributed by atoms with E-state index in [1.54, 1.807) is 0 Å². The maximum Gasteiger partial charge on any atom is 0.228 e. The van der Waals surface area contributed by atoms with Gasteiger partial charge in [0.1, 0.15) is 5.82 Å². The van der Waals surface area contributed by atoms with Crippen molar-refractivity contribution in [1.82, 2.24) is 10.1 Å². The number of nitrogens with zero attached hydrogens (tertiary/aromatic N) is 2. The molecule has 0 aliphatic carbocycles. The van der Waals surface area contributed by atoms with Gasteiger partial charge in [0.15, 0.2) is 0 Å². The Morgan fingerprint density at radius 2 is 2.19 bits per heavy atom. The zero-order valence-corrected chi connectivity index (χ0v) is 9.59. The monoisotopic (exact) mass is 260 g/mol. The van der Waals surface area contributed by atoms with Crippen molar-refractivity contribution in [3.05, 3.63) is 34.9 Å². The van der Waals surface area contributed by atoms with Crippen molar-refractivity contribution < 1.29 is 8.91 Å². The van der Waals surface area contributed by atoms with Crippen molar-refractivity contribution in [2.75, 3.05) is 5.88 Å². The van der Waals surface area contributed by atoms with Gasteiger partial charge in [-0.3, -0.25) is 0 Å². The van der Waals surface area contributed by atoms with Crippen molar-refractivity contribution in [2.24, 2.45) is 0 Å². The van der Waals surface area contributed by atoms with E-state index in [-0.39, 0.29) is 5.02 Å². The van der Waals surface area contributed by atoms with Crippen LogP contribution in [0.4, 0.5) is 4.39 Å². The normalized spacial score (nSPS) is 10.7. The molecule has 1 aromatic heterocycles. The second kappa shape index (κ2) is 4.80. The molecule has 3 nitrogen and oxygen atoms in total. The van der Waals surface area contributed by atoms with Crippen LogP contribution in [0.5, 0.6) is 0 Å². The molecule has 0 aliphatic heterocycles. The van der Waals surface area contributed by atoms with Gasteiger partial charge in [-0.15, -0.1) is 11.6 Å². The largest absolute Gasteiger partial charge is 0.339 e. The summed E-state index contributed by atoms with van der Waals surface area (Å²) < 4.78 is 17.8. The molecule has 1 aromatic carbocycles. The smallest absolute Gasteiger partial charge is 0.228 e. The third kappa shape index (κ3) is 2.33. The summed E-state index contributed by atoms with van der Waals surface area (Å²) in [5.74, 6) is 0.771. The van der Waals surface area contributed by atoms with Crippen LogP contribution in [-0.4, -0.2) is 16.0 Å². The maximum atomic E-state index is 12.8. The van der Waals surface area contributed by atoms with E-state index in [1.165, 1.54) is 18.2 Å². The summed E-state index contributed by atoms with van der Waals surface area (Å²) in [6.45, 7) is 0. The minimum absolute atomic E-state index is 0.248. The molecule has 0 atom stereocenters. The van der Waals surface area contributed by atoms with E-state index in [4.69, 9.17) is 27.7 Å². The lowest BCUT2D eigenvalue weighted by molar-refractivity contribution is 0.383. The highest BCUT2D eigenvalue weighted by atomic mass is 35.5. The van der Waals surface area contributed by atoms with Gasteiger partial charge in [0.2, 0.25) is 11.7 Å². The van der Waals surface area contributed by atoms with E-state index < -0.39 is 5.82 Å². The minimum atomic E-state index is -0.404. The molecule has 0 saturated carbocycles. The Balaban J connectivity index is 2.35. The van der Waals surface area contributed by atoms with E-state index in [9.17, 15) is 4.39 Å². The first-order chi connectivity index (χ1) is 7.70. The molecule has 1 heterocycles. The lowest BCUT2D eigenvalue weighted by Crippen LogP contribution is -1.87. The standard InChI is InChI=1S/C10H7Cl2FN2O/c11-4-3-9-14-10(15-16-9)7-2-1-6(13)5-8(7)12/h1-2,5H,3-4H2. The molecule has 2 aromatic rings. The molecule has 0 spiro atoms. The van der Waals surface area contributed by atoms with Gasteiger partial charge in [0.05, 0.1) is 5.02 Å². The van der Waals surface area contributed by atoms with Crippen molar-refractivity contribution in [3.8, 4) is 11.4 Å². The van der Waals surface area contributed by atoms with Gasteiger partial charge < -0.3 is 4.52 Å². The Kier molecular flexibility index (Phi) is 3.41. The van der Waals surface area contributed by atoms with Crippen LogP contribution in [-0.2, 0) is 6.42 Å². The van der Waals surface area contributed by atoms with Gasteiger partial charge in [-0.25, -0.2) is 4.39 Å². The van der Waals surface area contributed by atoms with Gasteiger partial charge in [-0.05, 0) is 18.2 Å². The fourth-order valence-corrected chi connectivity index (χ4v) is 1.63. The second-order valence-electron chi connectivity index (χ2n) is 3.07. The molecule has 0 N–H and O–H groups in total. The molecule has 2 rings (SSSR count). The Hall–Kier alpha value is -1.13. The molecule has 0 saturated heterocycles. The molecule has 6 heteroatoms. The zero-order chi connectivity index (χ0) is 11.5. The van der Waals surface area contributed by atoms with Crippen molar-refractivity contribution in [3.63, 3.8) is 0 Å². The van der Waals surface area contributed by atoms with Gasteiger partial charge in [-0.2, -0.15) is 4.98 Å². The molecule has 0 unspecified atom stereocenters. The quantitative estimate of drug-likeness (QED) is 0.795. The Bertz CT molecular complexity index is 501. The first-order valence-electron chi connectivity index (χ1n) is 4.54. The molecule has 0 aliphatic rings. The van der Waals surface area contributed by atoms with Crippen LogP contribution >= 0.6 is 23.2 Å². The van der Waals surface area contributed by atoms with Crippen LogP contribution in [0, 0.1) is 5.82 Å². The predicted molar refractivity (Wildman–Crippen MR) is 59.1 cm³/mol. The van der Waals surface area contributed by atoms with Crippen molar-refractivity contribution >= 4 is 23.2 Å². The van der Waals surface area contributed by atoms with E-state index in [0.717, 1.165) is 0 Å². The molecule has 84 valence electrons. The highest BCUT2D eigenvalue weighted by Gasteiger charge is 2.11. The Morgan fingerprint density at radius 3 is 2.88 bits per heavy atom. The summed E-state index contributed by atoms with van der Waals surface area (Å²) >= 11 is 11.4. The predicted octanol–water partition coefficient (Wildman–Crippen LogP) is 3.31. The van der Waals surface area contributed by atoms with Crippen LogP contribution < -0.4 is 0 Å². The molecule has 0 amide bonds. The van der Waals surface area contributed by atoms with Crippen molar-refractivity contribution in [1.29, 1.82) is 0 Å². The number of alkyl halides is 1.